The molecule has 2 N–H and O–H groups in total. The van der Waals surface area contributed by atoms with Crippen LogP contribution in [0.2, 0.25) is 13.1 Å². The topological polar surface area (TPSA) is 53.1 Å². The Kier molecular flexibility index (Phi) is 4.86. The Labute approximate surface area is 147 Å². The zero-order chi connectivity index (χ0) is 18.3. The van der Waals surface area contributed by atoms with Crippen molar-refractivity contribution >= 4 is 14.9 Å². The second-order valence-electron chi connectivity index (χ2n) is 8.56. The van der Waals surface area contributed by atoms with Gasteiger partial charge in [-0.1, -0.05) is 47.6 Å². The predicted octanol–water partition coefficient (Wildman–Crippen LogP) is 4.68. The molecule has 1 aromatic carbocycles. The van der Waals surface area contributed by atoms with Gasteiger partial charge in [-0.25, -0.2) is 4.68 Å². The maximum absolute atomic E-state index is 6.25. The lowest BCUT2D eigenvalue weighted by molar-refractivity contribution is 0.546. The normalized spacial score (nSPS) is 12.7. The first-order valence-corrected chi connectivity index (χ1v) is 10.8. The molecule has 24 heavy (non-hydrogen) atoms. The molecule has 4 nitrogen and oxygen atoms in total. The van der Waals surface area contributed by atoms with E-state index in [1.807, 2.05) is 6.07 Å². The lowest BCUT2D eigenvalue weighted by Crippen LogP contribution is -2.17. The number of hydrogen-bond acceptors (Lipinski definition) is 3. The van der Waals surface area contributed by atoms with Gasteiger partial charge in [0.2, 0.25) is 0 Å². The van der Waals surface area contributed by atoms with Crippen LogP contribution in [0.3, 0.4) is 0 Å². The molecule has 5 heteroatoms. The van der Waals surface area contributed by atoms with Gasteiger partial charge in [-0.15, -0.1) is 0 Å². The lowest BCUT2D eigenvalue weighted by atomic mass is 9.87. The second-order valence-corrected chi connectivity index (χ2v) is 10.6. The summed E-state index contributed by atoms with van der Waals surface area (Å²) >= 11 is 0. The van der Waals surface area contributed by atoms with Crippen LogP contribution in [0.1, 0.15) is 52.8 Å². The zero-order valence-corrected chi connectivity index (χ0v) is 17.2. The molecule has 0 fully saturated rings. The van der Waals surface area contributed by atoms with E-state index in [0.717, 1.165) is 17.1 Å². The first-order chi connectivity index (χ1) is 10.9. The molecule has 0 aliphatic rings. The van der Waals surface area contributed by atoms with Crippen LogP contribution in [0.4, 0.5) is 5.82 Å². The van der Waals surface area contributed by atoms with E-state index in [-0.39, 0.29) is 10.8 Å². The molecule has 0 saturated carbocycles. The van der Waals surface area contributed by atoms with Gasteiger partial charge in [-0.3, -0.25) is 0 Å². The standard InChI is InChI=1S/C19H30N3OSi/c1-18(2,3)13-9-10-14(15(11-13)23-24(7)8)22-17(20)12-16(21-22)19(4,5)6/h9-12H,20H2,1-8H3. The fourth-order valence-corrected chi connectivity index (χ4v) is 3.02. The van der Waals surface area contributed by atoms with Gasteiger partial charge in [0.1, 0.15) is 17.3 Å². The van der Waals surface area contributed by atoms with Gasteiger partial charge in [0.15, 0.2) is 0 Å². The Morgan fingerprint density at radius 2 is 1.62 bits per heavy atom. The number of aromatic nitrogens is 2. The molecular formula is C19H30N3OSi. The van der Waals surface area contributed by atoms with Crippen molar-refractivity contribution in [3.05, 3.63) is 35.5 Å². The SMILES string of the molecule is C[Si](C)Oc1cc(C(C)(C)C)ccc1-n1nc(C(C)(C)C)cc1N. The highest BCUT2D eigenvalue weighted by Gasteiger charge is 2.22. The molecule has 2 aromatic rings. The fraction of sp³-hybridized carbons (Fsp3) is 0.526. The van der Waals surface area contributed by atoms with Gasteiger partial charge in [-0.05, 0) is 36.2 Å². The lowest BCUT2D eigenvalue weighted by Gasteiger charge is -2.22. The smallest absolute Gasteiger partial charge is 0.274 e. The Hall–Kier alpha value is -1.75. The summed E-state index contributed by atoms with van der Waals surface area (Å²) < 4.78 is 7.97. The average Bonchev–Trinajstić information content (AvgIpc) is 2.79. The van der Waals surface area contributed by atoms with Gasteiger partial charge in [0.05, 0.1) is 5.69 Å². The Morgan fingerprint density at radius 1 is 1.00 bits per heavy atom. The van der Waals surface area contributed by atoms with Crippen molar-refractivity contribution in [2.45, 2.75) is 65.5 Å². The van der Waals surface area contributed by atoms with Crippen molar-refractivity contribution in [3.63, 3.8) is 0 Å². The minimum Gasteiger partial charge on any atom is -0.541 e. The Morgan fingerprint density at radius 3 is 2.08 bits per heavy atom. The summed E-state index contributed by atoms with van der Waals surface area (Å²) in [4.78, 5) is 0. The summed E-state index contributed by atoms with van der Waals surface area (Å²) in [7, 11) is -0.893. The summed E-state index contributed by atoms with van der Waals surface area (Å²) in [5, 5.41) is 4.73. The molecule has 0 bridgehead atoms. The molecule has 0 atom stereocenters. The molecule has 0 aliphatic heterocycles. The van der Waals surface area contributed by atoms with Crippen molar-refractivity contribution in [3.8, 4) is 11.4 Å². The van der Waals surface area contributed by atoms with E-state index in [1.54, 1.807) is 4.68 Å². The molecule has 1 radical (unpaired) electrons. The Bertz CT molecular complexity index is 721. The van der Waals surface area contributed by atoms with E-state index >= 15 is 0 Å². The highest BCUT2D eigenvalue weighted by Crippen LogP contribution is 2.33. The molecule has 0 spiro atoms. The molecule has 0 saturated heterocycles. The van der Waals surface area contributed by atoms with Crippen molar-refractivity contribution in [1.82, 2.24) is 9.78 Å². The van der Waals surface area contributed by atoms with Crippen molar-refractivity contribution in [2.75, 3.05) is 5.73 Å². The molecule has 1 heterocycles. The first kappa shape index (κ1) is 18.6. The van der Waals surface area contributed by atoms with Crippen molar-refractivity contribution in [2.24, 2.45) is 0 Å². The molecule has 0 amide bonds. The molecule has 2 rings (SSSR count). The number of anilines is 1. The number of nitrogens with two attached hydrogens (primary N) is 1. The van der Waals surface area contributed by atoms with E-state index in [0.29, 0.717) is 5.82 Å². The quantitative estimate of drug-likeness (QED) is 0.823. The summed E-state index contributed by atoms with van der Waals surface area (Å²) in [5.74, 6) is 1.49. The minimum atomic E-state index is -0.893. The molecule has 1 aromatic heterocycles. The van der Waals surface area contributed by atoms with Crippen LogP contribution >= 0.6 is 0 Å². The fourth-order valence-electron chi connectivity index (χ4n) is 2.41. The van der Waals surface area contributed by atoms with Gasteiger partial charge in [-0.2, -0.15) is 5.10 Å². The second kappa shape index (κ2) is 6.28. The molecular weight excluding hydrogens is 314 g/mol. The summed E-state index contributed by atoms with van der Waals surface area (Å²) in [6.07, 6.45) is 0. The average molecular weight is 345 g/mol. The van der Waals surface area contributed by atoms with E-state index in [2.05, 4.69) is 72.8 Å². The molecule has 131 valence electrons. The van der Waals surface area contributed by atoms with Gasteiger partial charge >= 0.3 is 0 Å². The van der Waals surface area contributed by atoms with Crippen LogP contribution in [-0.2, 0) is 10.8 Å². The van der Waals surface area contributed by atoms with Gasteiger partial charge in [0, 0.05) is 11.5 Å². The van der Waals surface area contributed by atoms with Gasteiger partial charge in [0.25, 0.3) is 9.04 Å². The van der Waals surface area contributed by atoms with E-state index in [4.69, 9.17) is 15.3 Å². The van der Waals surface area contributed by atoms with Crippen LogP contribution in [0.15, 0.2) is 24.3 Å². The minimum absolute atomic E-state index is 0.0454. The maximum Gasteiger partial charge on any atom is 0.274 e. The number of hydrogen-bond donors (Lipinski definition) is 1. The molecule has 0 aliphatic carbocycles. The number of benzene rings is 1. The van der Waals surface area contributed by atoms with E-state index < -0.39 is 9.04 Å². The van der Waals surface area contributed by atoms with Crippen LogP contribution < -0.4 is 10.2 Å². The summed E-state index contributed by atoms with van der Waals surface area (Å²) in [6, 6.07) is 8.28. The van der Waals surface area contributed by atoms with Crippen LogP contribution in [0.5, 0.6) is 5.75 Å². The van der Waals surface area contributed by atoms with Crippen LogP contribution in [0, 0.1) is 0 Å². The van der Waals surface area contributed by atoms with E-state index in [1.165, 1.54) is 5.56 Å². The highest BCUT2D eigenvalue weighted by atomic mass is 28.3. The zero-order valence-electron chi connectivity index (χ0n) is 16.2. The monoisotopic (exact) mass is 344 g/mol. The van der Waals surface area contributed by atoms with Gasteiger partial charge < -0.3 is 10.2 Å². The molecule has 0 unspecified atom stereocenters. The van der Waals surface area contributed by atoms with Crippen molar-refractivity contribution < 1.29 is 4.43 Å². The van der Waals surface area contributed by atoms with E-state index in [9.17, 15) is 0 Å². The summed E-state index contributed by atoms with van der Waals surface area (Å²) in [5.41, 5.74) is 9.39. The third-order valence-corrected chi connectivity index (χ3v) is 4.50. The predicted molar refractivity (Wildman–Crippen MR) is 103 cm³/mol. The third-order valence-electron chi connectivity index (χ3n) is 3.87. The number of rotatable bonds is 3. The third kappa shape index (κ3) is 4.01. The number of nitrogens with zero attached hydrogens (tertiary/aromatic N) is 2. The van der Waals surface area contributed by atoms with Crippen LogP contribution in [0.25, 0.3) is 5.69 Å². The maximum atomic E-state index is 6.25. The van der Waals surface area contributed by atoms with Crippen molar-refractivity contribution in [1.29, 1.82) is 0 Å². The largest absolute Gasteiger partial charge is 0.541 e. The number of nitrogen functional groups attached to an aromatic ring is 1. The first-order valence-electron chi connectivity index (χ1n) is 8.38. The highest BCUT2D eigenvalue weighted by molar-refractivity contribution is 6.49. The summed E-state index contributed by atoms with van der Waals surface area (Å²) in [6.45, 7) is 17.3. The van der Waals surface area contributed by atoms with Crippen LogP contribution in [-0.4, -0.2) is 18.8 Å². The Balaban J connectivity index is 2.59.